The monoisotopic (exact) mass is 284 g/mol. The predicted octanol–water partition coefficient (Wildman–Crippen LogP) is 1.46. The number of nitrogen functional groups attached to an aromatic ring is 2. The summed E-state index contributed by atoms with van der Waals surface area (Å²) in [7, 11) is 1.53. The number of carbonyl (C=O) groups excluding carboxylic acids is 2. The van der Waals surface area contributed by atoms with E-state index in [1.54, 1.807) is 36.4 Å². The quantitative estimate of drug-likeness (QED) is 0.639. The number of rotatable bonds is 3. The van der Waals surface area contributed by atoms with Crippen LogP contribution in [0.4, 0.5) is 17.1 Å². The van der Waals surface area contributed by atoms with Gasteiger partial charge in [0.2, 0.25) is 0 Å². The number of para-hydroxylation sites is 1. The van der Waals surface area contributed by atoms with E-state index in [9.17, 15) is 9.59 Å². The van der Waals surface area contributed by atoms with Crippen molar-refractivity contribution in [2.45, 2.75) is 0 Å². The van der Waals surface area contributed by atoms with Crippen molar-refractivity contribution in [1.29, 1.82) is 0 Å². The molecular weight excluding hydrogens is 268 g/mol. The molecule has 0 radical (unpaired) electrons. The molecule has 0 aromatic heterocycles. The van der Waals surface area contributed by atoms with Crippen LogP contribution in [0.1, 0.15) is 20.7 Å². The zero-order valence-electron chi connectivity index (χ0n) is 11.5. The zero-order valence-corrected chi connectivity index (χ0v) is 11.5. The van der Waals surface area contributed by atoms with Gasteiger partial charge in [0.25, 0.3) is 11.8 Å². The lowest BCUT2D eigenvalue weighted by Crippen LogP contribution is -2.21. The minimum atomic E-state index is -0.399. The van der Waals surface area contributed by atoms with E-state index in [1.807, 2.05) is 0 Å². The molecule has 0 spiro atoms. The van der Waals surface area contributed by atoms with Gasteiger partial charge in [-0.2, -0.15) is 0 Å². The van der Waals surface area contributed by atoms with Crippen molar-refractivity contribution in [1.82, 2.24) is 5.32 Å². The highest BCUT2D eigenvalue weighted by molar-refractivity contribution is 6.11. The van der Waals surface area contributed by atoms with E-state index in [-0.39, 0.29) is 11.6 Å². The Morgan fingerprint density at radius 2 is 1.67 bits per heavy atom. The topological polar surface area (TPSA) is 110 Å². The Morgan fingerprint density at radius 3 is 2.33 bits per heavy atom. The van der Waals surface area contributed by atoms with Crippen LogP contribution in [-0.2, 0) is 0 Å². The fourth-order valence-electron chi connectivity index (χ4n) is 1.90. The maximum absolute atomic E-state index is 12.2. The molecule has 2 aromatic rings. The molecule has 0 saturated heterocycles. The van der Waals surface area contributed by atoms with Gasteiger partial charge in [0, 0.05) is 18.4 Å². The fourth-order valence-corrected chi connectivity index (χ4v) is 1.90. The van der Waals surface area contributed by atoms with Gasteiger partial charge in [-0.15, -0.1) is 0 Å². The van der Waals surface area contributed by atoms with E-state index in [4.69, 9.17) is 11.5 Å². The molecule has 0 saturated carbocycles. The zero-order chi connectivity index (χ0) is 15.4. The molecule has 6 N–H and O–H groups in total. The van der Waals surface area contributed by atoms with Crippen LogP contribution in [0.5, 0.6) is 0 Å². The van der Waals surface area contributed by atoms with Crippen LogP contribution in [0, 0.1) is 0 Å². The van der Waals surface area contributed by atoms with E-state index in [0.29, 0.717) is 22.5 Å². The van der Waals surface area contributed by atoms with Crippen molar-refractivity contribution in [3.63, 3.8) is 0 Å². The molecule has 0 atom stereocenters. The first kappa shape index (κ1) is 14.4. The second-order valence-electron chi connectivity index (χ2n) is 4.43. The smallest absolute Gasteiger partial charge is 0.257 e. The normalized spacial score (nSPS) is 9.95. The lowest BCUT2D eigenvalue weighted by atomic mass is 10.1. The highest BCUT2D eigenvalue weighted by Gasteiger charge is 2.14. The van der Waals surface area contributed by atoms with Gasteiger partial charge in [-0.3, -0.25) is 9.59 Å². The molecule has 108 valence electrons. The van der Waals surface area contributed by atoms with Gasteiger partial charge in [0.15, 0.2) is 0 Å². The number of hydrogen-bond donors (Lipinski definition) is 4. The van der Waals surface area contributed by atoms with E-state index in [0.717, 1.165) is 0 Å². The molecule has 2 amide bonds. The number of benzene rings is 2. The molecule has 6 nitrogen and oxygen atoms in total. The van der Waals surface area contributed by atoms with Crippen molar-refractivity contribution >= 4 is 28.9 Å². The van der Waals surface area contributed by atoms with E-state index in [1.165, 1.54) is 13.1 Å². The molecule has 6 heteroatoms. The maximum atomic E-state index is 12.2. The first-order valence-corrected chi connectivity index (χ1v) is 6.30. The second-order valence-corrected chi connectivity index (χ2v) is 4.43. The number of carbonyl (C=O) groups is 2. The minimum Gasteiger partial charge on any atom is -0.399 e. The van der Waals surface area contributed by atoms with Crippen LogP contribution < -0.4 is 22.1 Å². The van der Waals surface area contributed by atoms with Crippen molar-refractivity contribution in [2.24, 2.45) is 0 Å². The van der Waals surface area contributed by atoms with Gasteiger partial charge in [-0.1, -0.05) is 12.1 Å². The Hall–Kier alpha value is -3.02. The highest BCUT2D eigenvalue weighted by atomic mass is 16.2. The molecule has 0 heterocycles. The van der Waals surface area contributed by atoms with Gasteiger partial charge in [0.05, 0.1) is 16.8 Å². The third kappa shape index (κ3) is 3.11. The SMILES string of the molecule is CNC(=O)c1ccccc1NC(=O)c1ccc(N)cc1N. The molecule has 0 aliphatic carbocycles. The molecule has 2 rings (SSSR count). The number of amides is 2. The summed E-state index contributed by atoms with van der Waals surface area (Å²) in [4.78, 5) is 24.0. The van der Waals surface area contributed by atoms with Crippen LogP contribution >= 0.6 is 0 Å². The molecule has 0 unspecified atom stereocenters. The van der Waals surface area contributed by atoms with Crippen molar-refractivity contribution in [3.05, 3.63) is 53.6 Å². The molecule has 0 fully saturated rings. The van der Waals surface area contributed by atoms with E-state index >= 15 is 0 Å². The lowest BCUT2D eigenvalue weighted by Gasteiger charge is -2.11. The Labute approximate surface area is 122 Å². The van der Waals surface area contributed by atoms with Gasteiger partial charge >= 0.3 is 0 Å². The number of nitrogens with two attached hydrogens (primary N) is 2. The van der Waals surface area contributed by atoms with Crippen molar-refractivity contribution in [3.8, 4) is 0 Å². The van der Waals surface area contributed by atoms with Crippen LogP contribution in [0.2, 0.25) is 0 Å². The summed E-state index contributed by atoms with van der Waals surface area (Å²) in [6, 6.07) is 11.4. The minimum absolute atomic E-state index is 0.281. The van der Waals surface area contributed by atoms with Crippen LogP contribution in [-0.4, -0.2) is 18.9 Å². The maximum Gasteiger partial charge on any atom is 0.257 e. The summed E-state index contributed by atoms with van der Waals surface area (Å²) in [5, 5.41) is 5.20. The molecule has 2 aromatic carbocycles. The second kappa shape index (κ2) is 5.96. The highest BCUT2D eigenvalue weighted by Crippen LogP contribution is 2.20. The molecule has 0 aliphatic rings. The van der Waals surface area contributed by atoms with Crippen LogP contribution in [0.25, 0.3) is 0 Å². The average Bonchev–Trinajstić information content (AvgIpc) is 2.46. The van der Waals surface area contributed by atoms with E-state index in [2.05, 4.69) is 10.6 Å². The average molecular weight is 284 g/mol. The van der Waals surface area contributed by atoms with Gasteiger partial charge < -0.3 is 22.1 Å². The van der Waals surface area contributed by atoms with Gasteiger partial charge in [0.1, 0.15) is 0 Å². The molecular formula is C15H16N4O2. The fraction of sp³-hybridized carbons (Fsp3) is 0.0667. The third-order valence-corrected chi connectivity index (χ3v) is 2.97. The number of nitrogens with one attached hydrogen (secondary N) is 2. The summed E-state index contributed by atoms with van der Waals surface area (Å²) >= 11 is 0. The summed E-state index contributed by atoms with van der Waals surface area (Å²) in [6.45, 7) is 0. The first-order chi connectivity index (χ1) is 10.0. The first-order valence-electron chi connectivity index (χ1n) is 6.30. The summed E-state index contributed by atoms with van der Waals surface area (Å²) < 4.78 is 0. The standard InChI is InChI=1S/C15H16N4O2/c1-18-14(20)11-4-2-3-5-13(11)19-15(21)10-7-6-9(16)8-12(10)17/h2-8H,16-17H2,1H3,(H,18,20)(H,19,21). The molecule has 0 bridgehead atoms. The van der Waals surface area contributed by atoms with Crippen molar-refractivity contribution in [2.75, 3.05) is 23.8 Å². The lowest BCUT2D eigenvalue weighted by molar-refractivity contribution is 0.0964. The number of hydrogen-bond acceptors (Lipinski definition) is 4. The van der Waals surface area contributed by atoms with Gasteiger partial charge in [-0.05, 0) is 30.3 Å². The van der Waals surface area contributed by atoms with E-state index < -0.39 is 5.91 Å². The van der Waals surface area contributed by atoms with Crippen LogP contribution in [0.3, 0.4) is 0 Å². The largest absolute Gasteiger partial charge is 0.399 e. The number of anilines is 3. The van der Waals surface area contributed by atoms with Crippen LogP contribution in [0.15, 0.2) is 42.5 Å². The summed E-state index contributed by atoms with van der Waals surface area (Å²) in [5.41, 5.74) is 13.2. The summed E-state index contributed by atoms with van der Waals surface area (Å²) in [6.07, 6.45) is 0. The van der Waals surface area contributed by atoms with Crippen molar-refractivity contribution < 1.29 is 9.59 Å². The Morgan fingerprint density at radius 1 is 0.952 bits per heavy atom. The Bertz CT molecular complexity index is 698. The molecule has 0 aliphatic heterocycles. The summed E-state index contributed by atoms with van der Waals surface area (Å²) in [5.74, 6) is -0.681. The Balaban J connectivity index is 2.30. The molecule has 21 heavy (non-hydrogen) atoms. The Kier molecular flexibility index (Phi) is 4.08. The third-order valence-electron chi connectivity index (χ3n) is 2.97. The van der Waals surface area contributed by atoms with Gasteiger partial charge in [-0.25, -0.2) is 0 Å². The predicted molar refractivity (Wildman–Crippen MR) is 83.1 cm³/mol.